The third-order valence-corrected chi connectivity index (χ3v) is 3.39. The van der Waals surface area contributed by atoms with Gasteiger partial charge in [0.25, 0.3) is 5.91 Å². The molecule has 0 aliphatic rings. The molecule has 0 radical (unpaired) electrons. The first-order chi connectivity index (χ1) is 8.66. The first-order valence-electron chi connectivity index (χ1n) is 5.41. The fraction of sp³-hybridized carbons (Fsp3) is 0.154. The van der Waals surface area contributed by atoms with E-state index in [1.807, 2.05) is 12.1 Å². The van der Waals surface area contributed by atoms with Gasteiger partial charge >= 0.3 is 0 Å². The summed E-state index contributed by atoms with van der Waals surface area (Å²) >= 11 is 0. The Hall–Kier alpha value is -1.88. The fourth-order valence-corrected chi connectivity index (χ4v) is 2.00. The minimum absolute atomic E-state index is 0.247. The Bertz CT molecular complexity index is 546. The van der Waals surface area contributed by atoms with Crippen LogP contribution in [0.1, 0.15) is 16.1 Å². The van der Waals surface area contributed by atoms with Gasteiger partial charge in [-0.1, -0.05) is 12.1 Å². The highest BCUT2D eigenvalue weighted by molar-refractivity contribution is 7.84. The Kier molecular flexibility index (Phi) is 3.94. The van der Waals surface area contributed by atoms with Crippen LogP contribution in [-0.4, -0.2) is 16.4 Å². The molecule has 0 bridgehead atoms. The van der Waals surface area contributed by atoms with Crippen molar-refractivity contribution in [3.05, 3.63) is 54.0 Å². The van der Waals surface area contributed by atoms with E-state index in [0.29, 0.717) is 12.3 Å². The zero-order valence-electron chi connectivity index (χ0n) is 9.88. The lowest BCUT2D eigenvalue weighted by Crippen LogP contribution is -2.22. The van der Waals surface area contributed by atoms with Crippen molar-refractivity contribution < 1.29 is 13.4 Å². The van der Waals surface area contributed by atoms with Crippen LogP contribution in [0.3, 0.4) is 0 Å². The fourth-order valence-electron chi connectivity index (χ4n) is 1.48. The minimum atomic E-state index is -0.977. The highest BCUT2D eigenvalue weighted by atomic mass is 32.2. The summed E-state index contributed by atoms with van der Waals surface area (Å²) in [4.78, 5) is 12.4. The number of furan rings is 1. The lowest BCUT2D eigenvalue weighted by Gasteiger charge is -2.04. The summed E-state index contributed by atoms with van der Waals surface area (Å²) in [6, 6.07) is 10.6. The van der Waals surface area contributed by atoms with Gasteiger partial charge in [0, 0.05) is 28.5 Å². The molecule has 0 spiro atoms. The van der Waals surface area contributed by atoms with Crippen molar-refractivity contribution in [2.75, 3.05) is 6.26 Å². The van der Waals surface area contributed by atoms with Crippen LogP contribution in [0, 0.1) is 0 Å². The number of benzene rings is 1. The Morgan fingerprint density at radius 2 is 2.00 bits per heavy atom. The molecule has 1 aromatic heterocycles. The van der Waals surface area contributed by atoms with Crippen molar-refractivity contribution in [3.8, 4) is 0 Å². The topological polar surface area (TPSA) is 59.3 Å². The molecule has 0 fully saturated rings. The van der Waals surface area contributed by atoms with E-state index in [1.165, 1.54) is 6.26 Å². The van der Waals surface area contributed by atoms with Crippen LogP contribution in [0.2, 0.25) is 0 Å². The first kappa shape index (κ1) is 12.6. The van der Waals surface area contributed by atoms with Gasteiger partial charge in [-0.15, -0.1) is 0 Å². The van der Waals surface area contributed by atoms with E-state index in [9.17, 15) is 9.00 Å². The maximum Gasteiger partial charge on any atom is 0.287 e. The third kappa shape index (κ3) is 3.07. The summed E-state index contributed by atoms with van der Waals surface area (Å²) in [6.07, 6.45) is 3.09. The van der Waals surface area contributed by atoms with E-state index >= 15 is 0 Å². The molecular formula is C13H13NO3S. The molecule has 1 amide bonds. The van der Waals surface area contributed by atoms with Gasteiger partial charge in [0.2, 0.25) is 0 Å². The second kappa shape index (κ2) is 5.64. The Morgan fingerprint density at radius 3 is 2.56 bits per heavy atom. The molecule has 1 heterocycles. The number of nitrogens with one attached hydrogen (secondary N) is 1. The molecule has 94 valence electrons. The maximum absolute atomic E-state index is 11.6. The van der Waals surface area contributed by atoms with Gasteiger partial charge in [-0.25, -0.2) is 0 Å². The van der Waals surface area contributed by atoms with Gasteiger partial charge in [-0.3, -0.25) is 9.00 Å². The van der Waals surface area contributed by atoms with Crippen molar-refractivity contribution in [1.82, 2.24) is 5.32 Å². The molecule has 0 aliphatic heterocycles. The van der Waals surface area contributed by atoms with E-state index in [0.717, 1.165) is 10.5 Å². The molecule has 0 saturated carbocycles. The van der Waals surface area contributed by atoms with Crippen LogP contribution in [-0.2, 0) is 17.3 Å². The van der Waals surface area contributed by atoms with E-state index in [4.69, 9.17) is 4.42 Å². The molecule has 1 atom stereocenters. The minimum Gasteiger partial charge on any atom is -0.459 e. The molecule has 1 aromatic carbocycles. The number of rotatable bonds is 4. The second-order valence-electron chi connectivity index (χ2n) is 3.76. The number of hydrogen-bond donors (Lipinski definition) is 1. The van der Waals surface area contributed by atoms with Crippen LogP contribution in [0.15, 0.2) is 52.0 Å². The summed E-state index contributed by atoms with van der Waals surface area (Å²) in [5, 5.41) is 2.74. The zero-order valence-corrected chi connectivity index (χ0v) is 10.7. The normalized spacial score (nSPS) is 12.1. The summed E-state index contributed by atoms with van der Waals surface area (Å²) < 4.78 is 16.2. The number of hydrogen-bond acceptors (Lipinski definition) is 3. The molecule has 1 N–H and O–H groups in total. The summed E-state index contributed by atoms with van der Waals surface area (Å²) in [5.74, 6) is 0.0458. The quantitative estimate of drug-likeness (QED) is 0.917. The second-order valence-corrected chi connectivity index (χ2v) is 5.14. The molecule has 5 heteroatoms. The summed E-state index contributed by atoms with van der Waals surface area (Å²) in [5.41, 5.74) is 0.948. The lowest BCUT2D eigenvalue weighted by molar-refractivity contribution is 0.0923. The molecule has 18 heavy (non-hydrogen) atoms. The van der Waals surface area contributed by atoms with Crippen molar-refractivity contribution in [2.45, 2.75) is 11.4 Å². The van der Waals surface area contributed by atoms with E-state index in [1.54, 1.807) is 30.5 Å². The van der Waals surface area contributed by atoms with Gasteiger partial charge in [0.15, 0.2) is 5.76 Å². The highest BCUT2D eigenvalue weighted by Crippen LogP contribution is 2.08. The van der Waals surface area contributed by atoms with E-state index < -0.39 is 10.8 Å². The van der Waals surface area contributed by atoms with Crippen molar-refractivity contribution in [1.29, 1.82) is 0 Å². The maximum atomic E-state index is 11.6. The molecule has 2 aromatic rings. The van der Waals surface area contributed by atoms with Crippen LogP contribution < -0.4 is 5.32 Å². The van der Waals surface area contributed by atoms with E-state index in [-0.39, 0.29) is 5.91 Å². The lowest BCUT2D eigenvalue weighted by atomic mass is 10.2. The van der Waals surface area contributed by atoms with Gasteiger partial charge < -0.3 is 9.73 Å². The Morgan fingerprint density at radius 1 is 1.28 bits per heavy atom. The Balaban J connectivity index is 1.94. The van der Waals surface area contributed by atoms with Crippen molar-refractivity contribution in [3.63, 3.8) is 0 Å². The predicted octanol–water partition coefficient (Wildman–Crippen LogP) is 1.95. The average molecular weight is 263 g/mol. The van der Waals surface area contributed by atoms with Gasteiger partial charge in [-0.05, 0) is 29.8 Å². The Labute approximate surface area is 107 Å². The van der Waals surface area contributed by atoms with Gasteiger partial charge in [-0.2, -0.15) is 0 Å². The van der Waals surface area contributed by atoms with Crippen LogP contribution >= 0.6 is 0 Å². The van der Waals surface area contributed by atoms with Crippen LogP contribution in [0.5, 0.6) is 0 Å². The summed E-state index contributed by atoms with van der Waals surface area (Å²) in [7, 11) is -0.977. The van der Waals surface area contributed by atoms with E-state index in [2.05, 4.69) is 5.32 Å². The molecule has 0 saturated heterocycles. The third-order valence-electron chi connectivity index (χ3n) is 2.45. The predicted molar refractivity (Wildman–Crippen MR) is 68.7 cm³/mol. The smallest absolute Gasteiger partial charge is 0.287 e. The van der Waals surface area contributed by atoms with Gasteiger partial charge in [0.1, 0.15) is 0 Å². The summed E-state index contributed by atoms with van der Waals surface area (Å²) in [6.45, 7) is 0.413. The zero-order chi connectivity index (χ0) is 13.0. The average Bonchev–Trinajstić information content (AvgIpc) is 2.90. The van der Waals surface area contributed by atoms with Crippen LogP contribution in [0.25, 0.3) is 0 Å². The van der Waals surface area contributed by atoms with Crippen molar-refractivity contribution in [2.24, 2.45) is 0 Å². The SMILES string of the molecule is C[S@@](=O)c1ccc(CNC(=O)c2ccco2)cc1. The number of amides is 1. The highest BCUT2D eigenvalue weighted by Gasteiger charge is 2.07. The van der Waals surface area contributed by atoms with Crippen LogP contribution in [0.4, 0.5) is 0 Å². The molecule has 0 unspecified atom stereocenters. The monoisotopic (exact) mass is 263 g/mol. The first-order valence-corrected chi connectivity index (χ1v) is 6.96. The standard InChI is InChI=1S/C13H13NO3S/c1-18(16)11-6-4-10(5-7-11)9-14-13(15)12-3-2-8-17-12/h2-8H,9H2,1H3,(H,14,15)/t18-/m1/s1. The molecule has 4 nitrogen and oxygen atoms in total. The molecule has 2 rings (SSSR count). The largest absolute Gasteiger partial charge is 0.459 e. The molecule has 0 aliphatic carbocycles. The number of carbonyl (C=O) groups is 1. The number of carbonyl (C=O) groups excluding carboxylic acids is 1. The van der Waals surface area contributed by atoms with Gasteiger partial charge in [0.05, 0.1) is 6.26 Å². The molecular weight excluding hydrogens is 250 g/mol. The van der Waals surface area contributed by atoms with Crippen molar-refractivity contribution >= 4 is 16.7 Å².